The summed E-state index contributed by atoms with van der Waals surface area (Å²) in [6.45, 7) is 1.72. The summed E-state index contributed by atoms with van der Waals surface area (Å²) < 4.78 is 30.8. The van der Waals surface area contributed by atoms with Gasteiger partial charge < -0.3 is 5.11 Å². The Balaban J connectivity index is 2.77. The molecule has 2 aromatic rings. The minimum atomic E-state index is -4.18. The smallest absolute Gasteiger partial charge is 0.294 e. The van der Waals surface area contributed by atoms with E-state index in [-0.39, 0.29) is 10.6 Å². The van der Waals surface area contributed by atoms with E-state index in [9.17, 15) is 13.5 Å². The van der Waals surface area contributed by atoms with Crippen LogP contribution in [0.1, 0.15) is 5.56 Å². The molecule has 0 saturated carbocycles. The third-order valence-corrected chi connectivity index (χ3v) is 3.27. The maximum Gasteiger partial charge on any atom is 0.294 e. The lowest BCUT2D eigenvalue weighted by molar-refractivity contribution is 0.472. The summed E-state index contributed by atoms with van der Waals surface area (Å²) in [6.07, 6.45) is 0. The van der Waals surface area contributed by atoms with Gasteiger partial charge in [0.1, 0.15) is 5.75 Å². The molecule has 0 radical (unpaired) electrons. The quantitative estimate of drug-likeness (QED) is 0.746. The van der Waals surface area contributed by atoms with Crippen molar-refractivity contribution in [3.8, 4) is 5.75 Å². The van der Waals surface area contributed by atoms with Gasteiger partial charge in [-0.1, -0.05) is 6.07 Å². The zero-order valence-corrected chi connectivity index (χ0v) is 9.32. The van der Waals surface area contributed by atoms with Crippen molar-refractivity contribution in [1.82, 2.24) is 0 Å². The molecule has 0 amide bonds. The molecule has 0 aliphatic heterocycles. The molecule has 0 saturated heterocycles. The minimum absolute atomic E-state index is 0.148. The van der Waals surface area contributed by atoms with E-state index in [0.717, 1.165) is 5.39 Å². The maximum absolute atomic E-state index is 10.9. The summed E-state index contributed by atoms with van der Waals surface area (Å²) in [5.74, 6) is 0.159. The van der Waals surface area contributed by atoms with Crippen molar-refractivity contribution in [3.05, 3.63) is 35.9 Å². The van der Waals surface area contributed by atoms with Gasteiger partial charge in [0.05, 0.1) is 4.90 Å². The van der Waals surface area contributed by atoms with Gasteiger partial charge >= 0.3 is 0 Å². The molecular formula is C11H10O4S. The van der Waals surface area contributed by atoms with Crippen LogP contribution in [0.15, 0.2) is 35.2 Å². The molecule has 0 unspecified atom stereocenters. The largest absolute Gasteiger partial charge is 0.508 e. The average molecular weight is 238 g/mol. The molecule has 0 fully saturated rings. The van der Waals surface area contributed by atoms with Crippen molar-refractivity contribution in [2.75, 3.05) is 0 Å². The highest BCUT2D eigenvalue weighted by Gasteiger charge is 2.10. The van der Waals surface area contributed by atoms with E-state index in [1.807, 2.05) is 0 Å². The Morgan fingerprint density at radius 3 is 2.38 bits per heavy atom. The van der Waals surface area contributed by atoms with Gasteiger partial charge in [0.25, 0.3) is 10.1 Å². The molecule has 4 nitrogen and oxygen atoms in total. The number of phenols is 1. The van der Waals surface area contributed by atoms with Crippen LogP contribution < -0.4 is 0 Å². The van der Waals surface area contributed by atoms with E-state index in [1.165, 1.54) is 18.2 Å². The second-order valence-electron chi connectivity index (χ2n) is 3.62. The zero-order chi connectivity index (χ0) is 11.9. The van der Waals surface area contributed by atoms with Crippen molar-refractivity contribution in [2.45, 2.75) is 11.8 Å². The molecule has 0 bridgehead atoms. The predicted octanol–water partition coefficient (Wildman–Crippen LogP) is 2.10. The molecule has 2 N–H and O–H groups in total. The van der Waals surface area contributed by atoms with E-state index >= 15 is 0 Å². The zero-order valence-electron chi connectivity index (χ0n) is 8.51. The molecule has 0 spiro atoms. The van der Waals surface area contributed by atoms with Crippen LogP contribution in [0, 0.1) is 6.92 Å². The summed E-state index contributed by atoms with van der Waals surface area (Å²) in [5, 5.41) is 10.9. The van der Waals surface area contributed by atoms with Crippen LogP contribution in [-0.4, -0.2) is 18.1 Å². The first-order valence-corrected chi connectivity index (χ1v) is 6.03. The summed E-state index contributed by atoms with van der Waals surface area (Å²) >= 11 is 0. The van der Waals surface area contributed by atoms with Gasteiger partial charge in [-0.3, -0.25) is 4.55 Å². The Hall–Kier alpha value is -1.59. The number of fused-ring (bicyclic) bond motifs is 1. The minimum Gasteiger partial charge on any atom is -0.508 e. The maximum atomic E-state index is 10.9. The van der Waals surface area contributed by atoms with Gasteiger partial charge in [0, 0.05) is 0 Å². The Labute approximate surface area is 92.9 Å². The van der Waals surface area contributed by atoms with E-state index < -0.39 is 10.1 Å². The summed E-state index contributed by atoms with van der Waals surface area (Å²) in [4.78, 5) is -0.148. The Bertz CT molecular complexity index is 659. The van der Waals surface area contributed by atoms with Crippen molar-refractivity contribution < 1.29 is 18.1 Å². The number of aromatic hydroxyl groups is 1. The molecule has 0 aliphatic rings. The van der Waals surface area contributed by atoms with Gasteiger partial charge in [-0.25, -0.2) is 0 Å². The second kappa shape index (κ2) is 3.47. The molecule has 0 heterocycles. The first-order valence-electron chi connectivity index (χ1n) is 4.59. The van der Waals surface area contributed by atoms with Crippen LogP contribution in [0.2, 0.25) is 0 Å². The lowest BCUT2D eigenvalue weighted by Crippen LogP contribution is -1.97. The van der Waals surface area contributed by atoms with Gasteiger partial charge in [0.2, 0.25) is 0 Å². The highest BCUT2D eigenvalue weighted by atomic mass is 32.2. The van der Waals surface area contributed by atoms with E-state index in [0.29, 0.717) is 10.9 Å². The number of benzene rings is 2. The van der Waals surface area contributed by atoms with Gasteiger partial charge in [-0.05, 0) is 47.5 Å². The number of phenolic OH excluding ortho intramolecular Hbond substituents is 1. The molecule has 0 aliphatic carbocycles. The van der Waals surface area contributed by atoms with E-state index in [1.54, 1.807) is 19.1 Å². The molecule has 5 heteroatoms. The highest BCUT2D eigenvalue weighted by molar-refractivity contribution is 7.85. The number of aryl methyl sites for hydroxylation is 1. The summed E-state index contributed by atoms with van der Waals surface area (Å²) in [7, 11) is -4.18. The first-order chi connectivity index (χ1) is 7.38. The van der Waals surface area contributed by atoms with Crippen LogP contribution >= 0.6 is 0 Å². The monoisotopic (exact) mass is 238 g/mol. The number of rotatable bonds is 1. The standard InChI is InChI=1S/C11H10O4S/c1-7-4-9-5-10(16(13,14)15)3-2-8(9)6-11(7)12/h2-6,12H,1H3,(H,13,14,15). The molecule has 84 valence electrons. The lowest BCUT2D eigenvalue weighted by atomic mass is 10.1. The van der Waals surface area contributed by atoms with Gasteiger partial charge in [0.15, 0.2) is 0 Å². The van der Waals surface area contributed by atoms with Crippen molar-refractivity contribution in [3.63, 3.8) is 0 Å². The van der Waals surface area contributed by atoms with Crippen LogP contribution in [0.3, 0.4) is 0 Å². The first kappa shape index (κ1) is 10.9. The van der Waals surface area contributed by atoms with Gasteiger partial charge in [-0.2, -0.15) is 8.42 Å². The van der Waals surface area contributed by atoms with Crippen LogP contribution in [0.4, 0.5) is 0 Å². The fraction of sp³-hybridized carbons (Fsp3) is 0.0909. The third-order valence-electron chi connectivity index (χ3n) is 2.42. The van der Waals surface area contributed by atoms with Crippen molar-refractivity contribution in [2.24, 2.45) is 0 Å². The third kappa shape index (κ3) is 1.87. The number of hydrogen-bond acceptors (Lipinski definition) is 3. The van der Waals surface area contributed by atoms with Crippen LogP contribution in [0.25, 0.3) is 10.8 Å². The fourth-order valence-electron chi connectivity index (χ4n) is 1.54. The molecule has 0 atom stereocenters. The summed E-state index contributed by atoms with van der Waals surface area (Å²) in [6, 6.07) is 7.43. The Kier molecular flexibility index (Phi) is 2.36. The molecule has 2 rings (SSSR count). The lowest BCUT2D eigenvalue weighted by Gasteiger charge is -2.04. The summed E-state index contributed by atoms with van der Waals surface area (Å²) in [5.41, 5.74) is 0.653. The Morgan fingerprint density at radius 1 is 1.06 bits per heavy atom. The van der Waals surface area contributed by atoms with E-state index in [2.05, 4.69) is 0 Å². The molecule has 16 heavy (non-hydrogen) atoms. The highest BCUT2D eigenvalue weighted by Crippen LogP contribution is 2.26. The Morgan fingerprint density at radius 2 is 1.75 bits per heavy atom. The van der Waals surface area contributed by atoms with Crippen LogP contribution in [-0.2, 0) is 10.1 Å². The molecule has 0 aromatic heterocycles. The molecular weight excluding hydrogens is 228 g/mol. The normalized spacial score (nSPS) is 11.9. The molecule has 2 aromatic carbocycles. The average Bonchev–Trinajstić information content (AvgIpc) is 2.17. The predicted molar refractivity (Wildman–Crippen MR) is 60.2 cm³/mol. The topological polar surface area (TPSA) is 74.6 Å². The van der Waals surface area contributed by atoms with Gasteiger partial charge in [-0.15, -0.1) is 0 Å². The van der Waals surface area contributed by atoms with Crippen molar-refractivity contribution in [1.29, 1.82) is 0 Å². The SMILES string of the molecule is Cc1cc2cc(S(=O)(=O)O)ccc2cc1O. The fourth-order valence-corrected chi connectivity index (χ4v) is 2.05. The van der Waals surface area contributed by atoms with Crippen molar-refractivity contribution >= 4 is 20.9 Å². The number of hydrogen-bond donors (Lipinski definition) is 2. The van der Waals surface area contributed by atoms with Crippen LogP contribution in [0.5, 0.6) is 5.75 Å². The van der Waals surface area contributed by atoms with E-state index in [4.69, 9.17) is 4.55 Å². The second-order valence-corrected chi connectivity index (χ2v) is 5.04.